The van der Waals surface area contributed by atoms with Crippen molar-refractivity contribution < 1.29 is 9.53 Å². The van der Waals surface area contributed by atoms with Gasteiger partial charge in [0.2, 0.25) is 0 Å². The first-order valence-corrected chi connectivity index (χ1v) is 7.79. The molecule has 0 aliphatic carbocycles. The first-order valence-electron chi connectivity index (χ1n) is 7.79. The summed E-state index contributed by atoms with van der Waals surface area (Å²) in [6, 6.07) is 15.6. The van der Waals surface area contributed by atoms with Gasteiger partial charge in [-0.25, -0.2) is 0 Å². The molecule has 0 amide bonds. The van der Waals surface area contributed by atoms with Crippen LogP contribution in [0.25, 0.3) is 6.08 Å². The zero-order valence-corrected chi connectivity index (χ0v) is 14.5. The lowest BCUT2D eigenvalue weighted by Gasteiger charge is -2.18. The highest BCUT2D eigenvalue weighted by Gasteiger charge is 2.13. The van der Waals surface area contributed by atoms with Gasteiger partial charge in [-0.3, -0.25) is 4.79 Å². The van der Waals surface area contributed by atoms with E-state index in [1.807, 2.05) is 13.0 Å². The Kier molecular flexibility index (Phi) is 5.05. The summed E-state index contributed by atoms with van der Waals surface area (Å²) in [4.78, 5) is 12.5. The van der Waals surface area contributed by atoms with Crippen LogP contribution in [0.5, 0.6) is 5.75 Å². The summed E-state index contributed by atoms with van der Waals surface area (Å²) in [5.74, 6) is 0.786. The summed E-state index contributed by atoms with van der Waals surface area (Å²) in [5, 5.41) is 0. The van der Waals surface area contributed by atoms with Crippen LogP contribution in [0, 0.1) is 0 Å². The molecule has 0 saturated carbocycles. The van der Waals surface area contributed by atoms with E-state index in [4.69, 9.17) is 4.74 Å². The number of benzene rings is 2. The molecule has 2 aromatic carbocycles. The van der Waals surface area contributed by atoms with Crippen molar-refractivity contribution in [1.29, 1.82) is 0 Å². The molecule has 2 nitrogen and oxygen atoms in total. The molecule has 0 saturated heterocycles. The monoisotopic (exact) mass is 308 g/mol. The van der Waals surface area contributed by atoms with Crippen LogP contribution in [0.4, 0.5) is 0 Å². The SMILES string of the molecule is COc1ccc(C(=O)C(C)=Cc2ccc(C(C)(C)C)cc2)cc1. The maximum Gasteiger partial charge on any atom is 0.188 e. The fraction of sp³-hybridized carbons (Fsp3) is 0.286. The predicted octanol–water partition coefficient (Wildman–Crippen LogP) is 5.28. The number of carbonyl (C=O) groups excluding carboxylic acids is 1. The van der Waals surface area contributed by atoms with Crippen molar-refractivity contribution in [3.8, 4) is 5.75 Å². The molecule has 120 valence electrons. The molecule has 2 aromatic rings. The molecular weight excluding hydrogens is 284 g/mol. The number of rotatable bonds is 4. The minimum Gasteiger partial charge on any atom is -0.497 e. The molecule has 2 heteroatoms. The minimum absolute atomic E-state index is 0.0348. The van der Waals surface area contributed by atoms with E-state index >= 15 is 0 Å². The fourth-order valence-corrected chi connectivity index (χ4v) is 2.36. The Hall–Kier alpha value is -2.35. The van der Waals surface area contributed by atoms with Crippen molar-refractivity contribution >= 4 is 11.9 Å². The van der Waals surface area contributed by atoms with Crippen LogP contribution in [0.15, 0.2) is 54.1 Å². The van der Waals surface area contributed by atoms with Crippen LogP contribution in [-0.4, -0.2) is 12.9 Å². The lowest BCUT2D eigenvalue weighted by molar-refractivity contribution is 0.103. The number of ketones is 1. The zero-order valence-electron chi connectivity index (χ0n) is 14.5. The third kappa shape index (κ3) is 4.32. The van der Waals surface area contributed by atoms with E-state index in [0.717, 1.165) is 16.9 Å². The highest BCUT2D eigenvalue weighted by Crippen LogP contribution is 2.23. The summed E-state index contributed by atoms with van der Waals surface area (Å²) in [5.41, 5.74) is 3.85. The predicted molar refractivity (Wildman–Crippen MR) is 96.1 cm³/mol. The van der Waals surface area contributed by atoms with Crippen LogP contribution in [0.3, 0.4) is 0 Å². The van der Waals surface area contributed by atoms with Gasteiger partial charge in [0, 0.05) is 5.56 Å². The van der Waals surface area contributed by atoms with Gasteiger partial charge in [0.25, 0.3) is 0 Å². The standard InChI is InChI=1S/C21H24O2/c1-15(20(22)17-8-12-19(23-5)13-9-17)14-16-6-10-18(11-7-16)21(2,3)4/h6-14H,1-5H3. The number of ether oxygens (including phenoxy) is 1. The molecule has 0 N–H and O–H groups in total. The highest BCUT2D eigenvalue weighted by atomic mass is 16.5. The Bertz CT molecular complexity index is 699. The third-order valence-corrected chi connectivity index (χ3v) is 3.87. The summed E-state index contributed by atoms with van der Waals surface area (Å²) >= 11 is 0. The van der Waals surface area contributed by atoms with Crippen molar-refractivity contribution in [3.63, 3.8) is 0 Å². The first-order chi connectivity index (χ1) is 10.8. The van der Waals surface area contributed by atoms with Gasteiger partial charge in [-0.1, -0.05) is 45.0 Å². The molecule has 2 rings (SSSR count). The van der Waals surface area contributed by atoms with Gasteiger partial charge in [-0.05, 0) is 59.4 Å². The molecule has 0 bridgehead atoms. The lowest BCUT2D eigenvalue weighted by atomic mass is 9.86. The third-order valence-electron chi connectivity index (χ3n) is 3.87. The molecule has 0 radical (unpaired) electrons. The quantitative estimate of drug-likeness (QED) is 0.567. The van der Waals surface area contributed by atoms with Crippen molar-refractivity contribution in [2.24, 2.45) is 0 Å². The topological polar surface area (TPSA) is 26.3 Å². The van der Waals surface area contributed by atoms with E-state index < -0.39 is 0 Å². The Balaban J connectivity index is 2.19. The largest absolute Gasteiger partial charge is 0.497 e. The van der Waals surface area contributed by atoms with Crippen molar-refractivity contribution in [3.05, 3.63) is 70.8 Å². The number of methoxy groups -OCH3 is 1. The van der Waals surface area contributed by atoms with E-state index in [1.54, 1.807) is 31.4 Å². The molecule has 0 aromatic heterocycles. The van der Waals surface area contributed by atoms with E-state index in [0.29, 0.717) is 5.56 Å². The molecule has 0 unspecified atom stereocenters. The van der Waals surface area contributed by atoms with Crippen LogP contribution < -0.4 is 4.74 Å². The molecule has 0 aliphatic rings. The second-order valence-electron chi connectivity index (χ2n) is 6.76. The number of hydrogen-bond acceptors (Lipinski definition) is 2. The molecule has 0 heterocycles. The van der Waals surface area contributed by atoms with E-state index in [9.17, 15) is 4.79 Å². The summed E-state index contributed by atoms with van der Waals surface area (Å²) in [6.45, 7) is 8.42. The van der Waals surface area contributed by atoms with Crippen LogP contribution in [0.2, 0.25) is 0 Å². The lowest BCUT2D eigenvalue weighted by Crippen LogP contribution is -2.10. The van der Waals surface area contributed by atoms with Crippen molar-refractivity contribution in [1.82, 2.24) is 0 Å². The maximum atomic E-state index is 12.5. The van der Waals surface area contributed by atoms with Gasteiger partial charge in [-0.2, -0.15) is 0 Å². The Morgan fingerprint density at radius 3 is 2.00 bits per heavy atom. The van der Waals surface area contributed by atoms with Gasteiger partial charge in [0.05, 0.1) is 7.11 Å². The minimum atomic E-state index is 0.0348. The Labute approximate surface area is 138 Å². The summed E-state index contributed by atoms with van der Waals surface area (Å²) in [6.07, 6.45) is 1.93. The van der Waals surface area contributed by atoms with E-state index in [2.05, 4.69) is 45.0 Å². The molecule has 0 spiro atoms. The van der Waals surface area contributed by atoms with Gasteiger partial charge in [0.15, 0.2) is 5.78 Å². The number of allylic oxidation sites excluding steroid dienone is 1. The van der Waals surface area contributed by atoms with E-state index in [1.165, 1.54) is 5.56 Å². The Morgan fingerprint density at radius 2 is 1.52 bits per heavy atom. The maximum absolute atomic E-state index is 12.5. The molecule has 0 aliphatic heterocycles. The Morgan fingerprint density at radius 1 is 0.957 bits per heavy atom. The number of carbonyl (C=O) groups is 1. The number of Topliss-reactive ketones (excluding diaryl/α,β-unsaturated/α-hetero) is 1. The van der Waals surface area contributed by atoms with Gasteiger partial charge in [0.1, 0.15) is 5.75 Å². The van der Waals surface area contributed by atoms with Gasteiger partial charge < -0.3 is 4.74 Å². The average Bonchev–Trinajstić information content (AvgIpc) is 2.54. The van der Waals surface area contributed by atoms with E-state index in [-0.39, 0.29) is 11.2 Å². The van der Waals surface area contributed by atoms with Crippen LogP contribution in [-0.2, 0) is 5.41 Å². The van der Waals surface area contributed by atoms with Crippen molar-refractivity contribution in [2.75, 3.05) is 7.11 Å². The second-order valence-corrected chi connectivity index (χ2v) is 6.76. The average molecular weight is 308 g/mol. The van der Waals surface area contributed by atoms with Crippen LogP contribution in [0.1, 0.15) is 49.2 Å². The van der Waals surface area contributed by atoms with Gasteiger partial charge in [-0.15, -0.1) is 0 Å². The van der Waals surface area contributed by atoms with Gasteiger partial charge >= 0.3 is 0 Å². The summed E-state index contributed by atoms with van der Waals surface area (Å²) in [7, 11) is 1.61. The molecule has 23 heavy (non-hydrogen) atoms. The number of hydrogen-bond donors (Lipinski definition) is 0. The van der Waals surface area contributed by atoms with Crippen molar-refractivity contribution in [2.45, 2.75) is 33.1 Å². The molecule has 0 atom stereocenters. The fourth-order valence-electron chi connectivity index (χ4n) is 2.36. The van der Waals surface area contributed by atoms with Crippen LogP contribution >= 0.6 is 0 Å². The smallest absolute Gasteiger partial charge is 0.188 e. The zero-order chi connectivity index (χ0) is 17.0. The molecule has 0 fully saturated rings. The second kappa shape index (κ2) is 6.82. The normalized spacial score (nSPS) is 12.1. The summed E-state index contributed by atoms with van der Waals surface area (Å²) < 4.78 is 5.12. The molecular formula is C21H24O2. The first kappa shape index (κ1) is 17.0. The highest BCUT2D eigenvalue weighted by molar-refractivity contribution is 6.10.